The molecule has 2 nitrogen and oxygen atoms in total. The molecule has 0 spiro atoms. The van der Waals surface area contributed by atoms with Crippen molar-refractivity contribution >= 4 is 27.1 Å². The number of hydrogen-bond donors (Lipinski definition) is 1. The zero-order valence-corrected chi connectivity index (χ0v) is 15.0. The minimum Gasteiger partial charge on any atom is -0.374 e. The van der Waals surface area contributed by atoms with Crippen molar-refractivity contribution in [2.75, 3.05) is 25.0 Å². The van der Waals surface area contributed by atoms with E-state index in [1.807, 2.05) is 11.3 Å². The van der Waals surface area contributed by atoms with Crippen molar-refractivity contribution in [1.29, 1.82) is 0 Å². The van der Waals surface area contributed by atoms with Crippen molar-refractivity contribution < 1.29 is 0 Å². The summed E-state index contributed by atoms with van der Waals surface area (Å²) in [7, 11) is 2.21. The Hall–Kier alpha value is -1.84. The Labute approximate surface area is 148 Å². The fourth-order valence-corrected chi connectivity index (χ4v) is 4.76. The highest BCUT2D eigenvalue weighted by Crippen LogP contribution is 2.32. The van der Waals surface area contributed by atoms with E-state index in [0.29, 0.717) is 6.04 Å². The second kappa shape index (κ2) is 6.96. The van der Waals surface area contributed by atoms with Crippen LogP contribution < -0.4 is 10.2 Å². The lowest BCUT2D eigenvalue weighted by Crippen LogP contribution is -2.23. The van der Waals surface area contributed by atoms with Gasteiger partial charge in [0, 0.05) is 30.0 Å². The lowest BCUT2D eigenvalue weighted by molar-refractivity contribution is 0.500. The van der Waals surface area contributed by atoms with Crippen LogP contribution in [-0.2, 0) is 6.42 Å². The van der Waals surface area contributed by atoms with Gasteiger partial charge in [-0.1, -0.05) is 36.4 Å². The number of fused-ring (bicyclic) bond motifs is 2. The maximum Gasteiger partial charge on any atom is 0.0412 e. The van der Waals surface area contributed by atoms with Gasteiger partial charge in [0.1, 0.15) is 0 Å². The van der Waals surface area contributed by atoms with E-state index < -0.39 is 0 Å². The smallest absolute Gasteiger partial charge is 0.0412 e. The van der Waals surface area contributed by atoms with E-state index in [9.17, 15) is 0 Å². The normalized spacial score (nSPS) is 17.7. The SMILES string of the molecule is CN1CCCC(NCCc2csc3ccccc23)c2ccccc21. The molecule has 2 heterocycles. The van der Waals surface area contributed by atoms with Gasteiger partial charge in [0.25, 0.3) is 0 Å². The van der Waals surface area contributed by atoms with Gasteiger partial charge >= 0.3 is 0 Å². The van der Waals surface area contributed by atoms with E-state index in [0.717, 1.165) is 19.5 Å². The standard InChI is InChI=1S/C21H24N2S/c1-23-14-6-9-19(18-8-2-4-10-20(18)23)22-13-12-16-15-24-21-11-5-3-7-17(16)21/h2-5,7-8,10-11,15,19,22H,6,9,12-14H2,1H3. The number of para-hydroxylation sites is 1. The van der Waals surface area contributed by atoms with Crippen LogP contribution in [0.1, 0.15) is 30.0 Å². The molecule has 0 fully saturated rings. The Morgan fingerprint density at radius 3 is 2.92 bits per heavy atom. The van der Waals surface area contributed by atoms with Gasteiger partial charge in [-0.15, -0.1) is 11.3 Å². The van der Waals surface area contributed by atoms with Crippen LogP contribution in [0.3, 0.4) is 0 Å². The second-order valence-electron chi connectivity index (χ2n) is 6.64. The van der Waals surface area contributed by atoms with Gasteiger partial charge in [0.05, 0.1) is 0 Å². The first kappa shape index (κ1) is 15.7. The zero-order chi connectivity index (χ0) is 16.4. The third-order valence-electron chi connectivity index (χ3n) is 5.06. The predicted octanol–water partition coefficient (Wildman–Crippen LogP) is 5.00. The second-order valence-corrected chi connectivity index (χ2v) is 7.55. The number of thiophene rings is 1. The molecule has 2 aromatic carbocycles. The van der Waals surface area contributed by atoms with Crippen LogP contribution in [-0.4, -0.2) is 20.1 Å². The van der Waals surface area contributed by atoms with Gasteiger partial charge in [-0.25, -0.2) is 0 Å². The zero-order valence-electron chi connectivity index (χ0n) is 14.2. The van der Waals surface area contributed by atoms with Gasteiger partial charge in [-0.2, -0.15) is 0 Å². The summed E-state index contributed by atoms with van der Waals surface area (Å²) in [6, 6.07) is 18.1. The third kappa shape index (κ3) is 3.06. The van der Waals surface area contributed by atoms with Crippen molar-refractivity contribution in [3.63, 3.8) is 0 Å². The van der Waals surface area contributed by atoms with Gasteiger partial charge < -0.3 is 10.2 Å². The van der Waals surface area contributed by atoms with Gasteiger partial charge in [-0.3, -0.25) is 0 Å². The lowest BCUT2D eigenvalue weighted by Gasteiger charge is -2.22. The summed E-state index contributed by atoms with van der Waals surface area (Å²) in [6.45, 7) is 2.17. The average Bonchev–Trinajstić information content (AvgIpc) is 2.96. The van der Waals surface area contributed by atoms with Gasteiger partial charge in [-0.05, 0) is 59.8 Å². The molecule has 24 heavy (non-hydrogen) atoms. The predicted molar refractivity (Wildman–Crippen MR) is 105 cm³/mol. The molecule has 0 aliphatic carbocycles. The fourth-order valence-electron chi connectivity index (χ4n) is 3.76. The van der Waals surface area contributed by atoms with Crippen LogP contribution in [0, 0.1) is 0 Å². The topological polar surface area (TPSA) is 15.3 Å². The number of hydrogen-bond acceptors (Lipinski definition) is 3. The lowest BCUT2D eigenvalue weighted by atomic mass is 10.0. The largest absolute Gasteiger partial charge is 0.374 e. The molecule has 0 amide bonds. The number of nitrogens with one attached hydrogen (secondary N) is 1. The van der Waals surface area contributed by atoms with Gasteiger partial charge in [0.2, 0.25) is 0 Å². The van der Waals surface area contributed by atoms with E-state index in [-0.39, 0.29) is 0 Å². The van der Waals surface area contributed by atoms with Crippen molar-refractivity contribution in [3.05, 3.63) is 65.0 Å². The molecule has 0 saturated carbocycles. The quantitative estimate of drug-likeness (QED) is 0.721. The number of benzene rings is 2. The molecule has 3 heteroatoms. The summed E-state index contributed by atoms with van der Waals surface area (Å²) < 4.78 is 1.40. The number of nitrogens with zero attached hydrogens (tertiary/aromatic N) is 1. The Morgan fingerprint density at radius 1 is 1.12 bits per heavy atom. The van der Waals surface area contributed by atoms with Crippen molar-refractivity contribution in [2.45, 2.75) is 25.3 Å². The van der Waals surface area contributed by atoms with Crippen molar-refractivity contribution in [3.8, 4) is 0 Å². The van der Waals surface area contributed by atoms with Gasteiger partial charge in [0.15, 0.2) is 0 Å². The summed E-state index contributed by atoms with van der Waals surface area (Å²) in [4.78, 5) is 2.39. The Morgan fingerprint density at radius 2 is 1.96 bits per heavy atom. The fraction of sp³-hybridized carbons (Fsp3) is 0.333. The summed E-state index contributed by atoms with van der Waals surface area (Å²) in [5.41, 5.74) is 4.31. The Bertz CT molecular complexity index is 823. The number of anilines is 1. The third-order valence-corrected chi connectivity index (χ3v) is 6.07. The Balaban J connectivity index is 1.47. The molecule has 0 radical (unpaired) electrons. The maximum absolute atomic E-state index is 3.82. The highest BCUT2D eigenvalue weighted by Gasteiger charge is 2.20. The van der Waals surface area contributed by atoms with Crippen LogP contribution in [0.2, 0.25) is 0 Å². The van der Waals surface area contributed by atoms with E-state index in [1.165, 1.54) is 39.7 Å². The molecule has 0 bridgehead atoms. The van der Waals surface area contributed by atoms with Crippen LogP contribution >= 0.6 is 11.3 Å². The minimum atomic E-state index is 0.469. The summed E-state index contributed by atoms with van der Waals surface area (Å²) >= 11 is 1.86. The minimum absolute atomic E-state index is 0.469. The highest BCUT2D eigenvalue weighted by molar-refractivity contribution is 7.17. The average molecular weight is 337 g/mol. The molecule has 1 N–H and O–H groups in total. The molecule has 1 aromatic heterocycles. The molecule has 1 aliphatic heterocycles. The van der Waals surface area contributed by atoms with Crippen LogP contribution in [0.15, 0.2) is 53.9 Å². The molecule has 3 aromatic rings. The first-order valence-electron chi connectivity index (χ1n) is 8.81. The van der Waals surface area contributed by atoms with Crippen molar-refractivity contribution in [1.82, 2.24) is 5.32 Å². The molecule has 1 aliphatic rings. The van der Waals surface area contributed by atoms with E-state index in [2.05, 4.69) is 71.2 Å². The van der Waals surface area contributed by atoms with Crippen molar-refractivity contribution in [2.24, 2.45) is 0 Å². The van der Waals surface area contributed by atoms with Crippen LogP contribution in [0.5, 0.6) is 0 Å². The monoisotopic (exact) mass is 336 g/mol. The Kier molecular flexibility index (Phi) is 4.54. The van der Waals surface area contributed by atoms with E-state index in [1.54, 1.807) is 0 Å². The molecular formula is C21H24N2S. The summed E-state index contributed by atoms with van der Waals surface area (Å²) in [5, 5.41) is 7.56. The molecule has 4 rings (SSSR count). The number of rotatable bonds is 4. The maximum atomic E-state index is 3.82. The molecule has 124 valence electrons. The molecule has 1 atom stereocenters. The first-order valence-corrected chi connectivity index (χ1v) is 9.69. The first-order chi connectivity index (χ1) is 11.8. The van der Waals surface area contributed by atoms with E-state index >= 15 is 0 Å². The summed E-state index contributed by atoms with van der Waals surface area (Å²) in [5.74, 6) is 0. The molecule has 0 saturated heterocycles. The van der Waals surface area contributed by atoms with Crippen LogP contribution in [0.4, 0.5) is 5.69 Å². The summed E-state index contributed by atoms with van der Waals surface area (Å²) in [6.07, 6.45) is 3.55. The van der Waals surface area contributed by atoms with Crippen LogP contribution in [0.25, 0.3) is 10.1 Å². The van der Waals surface area contributed by atoms with E-state index in [4.69, 9.17) is 0 Å². The molecular weight excluding hydrogens is 312 g/mol. The molecule has 1 unspecified atom stereocenters. The highest BCUT2D eigenvalue weighted by atomic mass is 32.1.